The average Bonchev–Trinajstić information content (AvgIpc) is 3.14. The molecule has 4 heteroatoms. The predicted octanol–water partition coefficient (Wildman–Crippen LogP) is 11.1. The Hall–Kier alpha value is -6.00. The fraction of sp³-hybridized carbons (Fsp3) is 0.0476. The van der Waals surface area contributed by atoms with Crippen molar-refractivity contribution in [3.63, 3.8) is 0 Å². The van der Waals surface area contributed by atoms with Gasteiger partial charge in [-0.2, -0.15) is 0 Å². The third-order valence-corrected chi connectivity index (χ3v) is 8.80. The molecule has 7 aromatic carbocycles. The van der Waals surface area contributed by atoms with Gasteiger partial charge in [-0.3, -0.25) is 0 Å². The van der Waals surface area contributed by atoms with Gasteiger partial charge in [-0.15, -0.1) is 0 Å². The van der Waals surface area contributed by atoms with E-state index in [1.807, 2.05) is 38.6 Å². The molecular weight excluding hydrogens is 560 g/mol. The van der Waals surface area contributed by atoms with Gasteiger partial charge in [-0.1, -0.05) is 117 Å². The molecule has 0 unspecified atom stereocenters. The van der Waals surface area contributed by atoms with E-state index in [0.29, 0.717) is 0 Å². The molecule has 0 atom stereocenters. The molecule has 9 rings (SSSR count). The first kappa shape index (κ1) is 27.5. The summed E-state index contributed by atoms with van der Waals surface area (Å²) in [4.78, 5) is 17.4. The van der Waals surface area contributed by atoms with Gasteiger partial charge in [-0.25, -0.2) is 19.9 Å². The summed E-state index contributed by atoms with van der Waals surface area (Å²) in [5.41, 5.74) is 6.80. The minimum Gasteiger partial charge on any atom is -0.244 e. The van der Waals surface area contributed by atoms with E-state index in [1.54, 1.807) is 12.7 Å². The lowest BCUT2D eigenvalue weighted by Crippen LogP contribution is -1.93. The van der Waals surface area contributed by atoms with E-state index in [4.69, 9.17) is 0 Å². The molecule has 0 N–H and O–H groups in total. The summed E-state index contributed by atoms with van der Waals surface area (Å²) in [6.45, 7) is 4.00. The number of hydrogen-bond donors (Lipinski definition) is 0. The molecule has 2 aromatic heterocycles. The van der Waals surface area contributed by atoms with Crippen LogP contribution in [0, 0.1) is 0 Å². The van der Waals surface area contributed by atoms with Crippen LogP contribution in [0.5, 0.6) is 0 Å². The van der Waals surface area contributed by atoms with Crippen molar-refractivity contribution in [3.8, 4) is 33.4 Å². The zero-order valence-corrected chi connectivity index (χ0v) is 25.6. The molecule has 0 spiro atoms. The Morgan fingerprint density at radius 3 is 1.37 bits per heavy atom. The smallest absolute Gasteiger partial charge is 0.115 e. The maximum Gasteiger partial charge on any atom is 0.115 e. The lowest BCUT2D eigenvalue weighted by Gasteiger charge is -2.19. The molecule has 0 bridgehead atoms. The first-order valence-electron chi connectivity index (χ1n) is 15.7. The third-order valence-electron chi connectivity index (χ3n) is 8.80. The predicted molar refractivity (Wildman–Crippen MR) is 193 cm³/mol. The van der Waals surface area contributed by atoms with Crippen LogP contribution in [0.15, 0.2) is 147 Å². The van der Waals surface area contributed by atoms with Gasteiger partial charge in [0.25, 0.3) is 0 Å². The zero-order valence-electron chi connectivity index (χ0n) is 25.6. The lowest BCUT2D eigenvalue weighted by molar-refractivity contribution is 1.17. The fourth-order valence-electron chi connectivity index (χ4n) is 7.02. The highest BCUT2D eigenvalue weighted by atomic mass is 14.8. The van der Waals surface area contributed by atoms with Gasteiger partial charge in [-0.05, 0) is 71.1 Å². The van der Waals surface area contributed by atoms with Crippen molar-refractivity contribution in [2.75, 3.05) is 0 Å². The van der Waals surface area contributed by atoms with E-state index in [-0.39, 0.29) is 0 Å². The van der Waals surface area contributed by atoms with Gasteiger partial charge in [0.15, 0.2) is 0 Å². The summed E-state index contributed by atoms with van der Waals surface area (Å²) >= 11 is 0. The summed E-state index contributed by atoms with van der Waals surface area (Å²) < 4.78 is 0. The number of nitrogens with zero attached hydrogens (tertiary/aromatic N) is 4. The van der Waals surface area contributed by atoms with Crippen LogP contribution in [0.2, 0.25) is 0 Å². The van der Waals surface area contributed by atoms with E-state index in [1.165, 1.54) is 65.0 Å². The van der Waals surface area contributed by atoms with Gasteiger partial charge < -0.3 is 0 Å². The molecule has 2 heterocycles. The van der Waals surface area contributed by atoms with Crippen LogP contribution in [0.3, 0.4) is 0 Å². The summed E-state index contributed by atoms with van der Waals surface area (Å²) in [5, 5.41) is 12.0. The van der Waals surface area contributed by atoms with Crippen LogP contribution in [0.25, 0.3) is 87.2 Å². The van der Waals surface area contributed by atoms with Gasteiger partial charge in [0.1, 0.15) is 12.7 Å². The number of hydrogen-bond acceptors (Lipinski definition) is 4. The Kier molecular flexibility index (Phi) is 6.88. The Balaban J connectivity index is 0.00000153. The molecule has 0 aliphatic heterocycles. The molecule has 46 heavy (non-hydrogen) atoms. The van der Waals surface area contributed by atoms with E-state index >= 15 is 0 Å². The molecule has 0 saturated carbocycles. The molecular formula is C42H30N4. The van der Waals surface area contributed by atoms with E-state index < -0.39 is 0 Å². The van der Waals surface area contributed by atoms with Crippen LogP contribution >= 0.6 is 0 Å². The second-order valence-corrected chi connectivity index (χ2v) is 11.1. The molecule has 0 aliphatic carbocycles. The van der Waals surface area contributed by atoms with Crippen molar-refractivity contribution in [2.24, 2.45) is 0 Å². The Morgan fingerprint density at radius 1 is 0.348 bits per heavy atom. The minimum absolute atomic E-state index is 1.01. The van der Waals surface area contributed by atoms with Crippen molar-refractivity contribution in [2.45, 2.75) is 13.8 Å². The molecule has 0 aliphatic rings. The summed E-state index contributed by atoms with van der Waals surface area (Å²) in [7, 11) is 0. The number of benzene rings is 7. The van der Waals surface area contributed by atoms with Crippen molar-refractivity contribution in [1.29, 1.82) is 0 Å². The van der Waals surface area contributed by atoms with Crippen LogP contribution in [0.4, 0.5) is 0 Å². The Bertz CT molecular complexity index is 2480. The van der Waals surface area contributed by atoms with Crippen LogP contribution in [-0.2, 0) is 0 Å². The molecule has 4 nitrogen and oxygen atoms in total. The first-order chi connectivity index (χ1) is 22.9. The second kappa shape index (κ2) is 11.5. The van der Waals surface area contributed by atoms with Crippen LogP contribution < -0.4 is 0 Å². The van der Waals surface area contributed by atoms with E-state index in [2.05, 4.69) is 129 Å². The molecule has 0 amide bonds. The Morgan fingerprint density at radius 2 is 0.783 bits per heavy atom. The van der Waals surface area contributed by atoms with Crippen LogP contribution in [-0.4, -0.2) is 19.9 Å². The van der Waals surface area contributed by atoms with E-state index in [0.717, 1.165) is 22.3 Å². The summed E-state index contributed by atoms with van der Waals surface area (Å²) in [6, 6.07) is 39.6. The number of rotatable bonds is 3. The largest absolute Gasteiger partial charge is 0.244 e. The highest BCUT2D eigenvalue weighted by molar-refractivity contribution is 6.26. The fourth-order valence-corrected chi connectivity index (χ4v) is 7.02. The minimum atomic E-state index is 1.01. The van der Waals surface area contributed by atoms with Crippen molar-refractivity contribution in [3.05, 3.63) is 147 Å². The molecule has 218 valence electrons. The average molecular weight is 591 g/mol. The molecule has 9 aromatic rings. The van der Waals surface area contributed by atoms with Gasteiger partial charge in [0.05, 0.1) is 0 Å². The molecule has 0 fully saturated rings. The monoisotopic (exact) mass is 590 g/mol. The van der Waals surface area contributed by atoms with Crippen molar-refractivity contribution in [1.82, 2.24) is 19.9 Å². The summed E-state index contributed by atoms with van der Waals surface area (Å²) in [6.07, 6.45) is 10.8. The number of aromatic nitrogens is 4. The summed E-state index contributed by atoms with van der Waals surface area (Å²) in [5.74, 6) is 0. The third kappa shape index (κ3) is 4.30. The van der Waals surface area contributed by atoms with Gasteiger partial charge in [0.2, 0.25) is 0 Å². The normalized spacial score (nSPS) is 11.3. The highest BCUT2D eigenvalue weighted by Gasteiger charge is 2.19. The highest BCUT2D eigenvalue weighted by Crippen LogP contribution is 2.46. The van der Waals surface area contributed by atoms with Gasteiger partial charge in [0, 0.05) is 47.0 Å². The zero-order chi connectivity index (χ0) is 31.0. The Labute approximate surface area is 267 Å². The topological polar surface area (TPSA) is 51.6 Å². The standard InChI is InChI=1S/C40H24N4.C2H6/c1-2-9-28-25(8-1)18-37-29-14-7-15-31(30(29)16-17-36(37)38(28)26-19-41-23-42-20-26)40-34-12-5-3-10-32(34)39(27-21-43-24-44-22-27)33-11-4-6-13-35(33)40;1-2/h1-24H;1-2H3. The lowest BCUT2D eigenvalue weighted by atomic mass is 9.84. The quantitative estimate of drug-likeness (QED) is 0.152. The van der Waals surface area contributed by atoms with Crippen LogP contribution in [0.1, 0.15) is 13.8 Å². The van der Waals surface area contributed by atoms with Gasteiger partial charge >= 0.3 is 0 Å². The maximum atomic E-state index is 4.36. The SMILES string of the molecule is CC.c1ccc2c(-c3cncnc3)c3ccc4c(-c5c6ccccc6c(-c6cncnc6)c6ccccc56)cccc4c3cc2c1. The molecule has 0 radical (unpaired) electrons. The number of fused-ring (bicyclic) bond motifs is 6. The van der Waals surface area contributed by atoms with Crippen molar-refractivity contribution >= 4 is 53.9 Å². The van der Waals surface area contributed by atoms with E-state index in [9.17, 15) is 0 Å². The maximum absolute atomic E-state index is 4.36. The van der Waals surface area contributed by atoms with Crippen molar-refractivity contribution < 1.29 is 0 Å². The first-order valence-corrected chi connectivity index (χ1v) is 15.7. The second-order valence-electron chi connectivity index (χ2n) is 11.1. The molecule has 0 saturated heterocycles.